The van der Waals surface area contributed by atoms with Crippen molar-refractivity contribution >= 4 is 11.6 Å². The first-order valence-electron chi connectivity index (χ1n) is 5.61. The highest BCUT2D eigenvalue weighted by Gasteiger charge is 2.15. The summed E-state index contributed by atoms with van der Waals surface area (Å²) in [5, 5.41) is 2.17. The molecule has 0 aliphatic rings. The fraction of sp³-hybridized carbons (Fsp3) is 0.0714. The van der Waals surface area contributed by atoms with E-state index in [1.54, 1.807) is 0 Å². The van der Waals surface area contributed by atoms with Crippen molar-refractivity contribution in [2.45, 2.75) is 0 Å². The summed E-state index contributed by atoms with van der Waals surface area (Å²) in [6, 6.07) is 5.98. The molecule has 0 atom stereocenters. The molecule has 0 aliphatic heterocycles. The first-order valence-corrected chi connectivity index (χ1v) is 5.61. The van der Waals surface area contributed by atoms with Crippen LogP contribution in [0.3, 0.4) is 0 Å². The van der Waals surface area contributed by atoms with Crippen molar-refractivity contribution in [3.63, 3.8) is 0 Å². The molecular formula is C14H10F3NO2. The van der Waals surface area contributed by atoms with Crippen LogP contribution in [-0.2, 0) is 0 Å². The van der Waals surface area contributed by atoms with Gasteiger partial charge in [-0.25, -0.2) is 13.2 Å². The van der Waals surface area contributed by atoms with E-state index in [0.717, 1.165) is 30.3 Å². The molecule has 0 saturated heterocycles. The largest absolute Gasteiger partial charge is 0.496 e. The second-order valence-electron chi connectivity index (χ2n) is 3.92. The zero-order valence-electron chi connectivity index (χ0n) is 10.4. The van der Waals surface area contributed by atoms with Crippen molar-refractivity contribution in [2.75, 3.05) is 12.4 Å². The van der Waals surface area contributed by atoms with Gasteiger partial charge in [0.05, 0.1) is 18.4 Å². The number of carbonyl (C=O) groups excluding carboxylic acids is 1. The molecule has 0 unspecified atom stereocenters. The van der Waals surface area contributed by atoms with Gasteiger partial charge in [-0.3, -0.25) is 4.79 Å². The highest BCUT2D eigenvalue weighted by atomic mass is 19.1. The van der Waals surface area contributed by atoms with Gasteiger partial charge in [-0.05, 0) is 30.3 Å². The zero-order chi connectivity index (χ0) is 14.7. The standard InChI is InChI=1S/C14H10F3NO2/c1-20-13-5-3-8(15)6-10(13)14(19)18-12-7-9(16)2-4-11(12)17/h2-7H,1H3,(H,18,19). The number of carbonyl (C=O) groups is 1. The number of anilines is 1. The molecule has 0 heterocycles. The Labute approximate surface area is 113 Å². The first-order chi connectivity index (χ1) is 9.51. The average molecular weight is 281 g/mol. The van der Waals surface area contributed by atoms with E-state index in [1.807, 2.05) is 0 Å². The third kappa shape index (κ3) is 2.90. The van der Waals surface area contributed by atoms with Crippen LogP contribution < -0.4 is 10.1 Å². The molecule has 1 amide bonds. The summed E-state index contributed by atoms with van der Waals surface area (Å²) in [5.74, 6) is -2.81. The number of benzene rings is 2. The zero-order valence-corrected chi connectivity index (χ0v) is 10.4. The molecule has 2 aromatic carbocycles. The molecular weight excluding hydrogens is 271 g/mol. The van der Waals surface area contributed by atoms with Gasteiger partial charge in [0.2, 0.25) is 0 Å². The molecule has 6 heteroatoms. The lowest BCUT2D eigenvalue weighted by atomic mass is 10.1. The monoisotopic (exact) mass is 281 g/mol. The molecule has 2 rings (SSSR count). The van der Waals surface area contributed by atoms with Crippen LogP contribution in [0.1, 0.15) is 10.4 Å². The summed E-state index contributed by atoms with van der Waals surface area (Å²) in [6.07, 6.45) is 0. The number of ether oxygens (including phenoxy) is 1. The third-order valence-corrected chi connectivity index (χ3v) is 2.58. The highest BCUT2D eigenvalue weighted by molar-refractivity contribution is 6.06. The van der Waals surface area contributed by atoms with Crippen molar-refractivity contribution in [2.24, 2.45) is 0 Å². The number of halogens is 3. The molecule has 0 radical (unpaired) electrons. The lowest BCUT2D eigenvalue weighted by Gasteiger charge is -2.10. The van der Waals surface area contributed by atoms with E-state index in [0.29, 0.717) is 0 Å². The number of hydrogen-bond acceptors (Lipinski definition) is 2. The van der Waals surface area contributed by atoms with Gasteiger partial charge in [-0.2, -0.15) is 0 Å². The van der Waals surface area contributed by atoms with Gasteiger partial charge in [-0.1, -0.05) is 0 Å². The van der Waals surface area contributed by atoms with Crippen LogP contribution in [0.2, 0.25) is 0 Å². The summed E-state index contributed by atoms with van der Waals surface area (Å²) < 4.78 is 44.5. The van der Waals surface area contributed by atoms with Crippen molar-refractivity contribution in [1.29, 1.82) is 0 Å². The Bertz CT molecular complexity index is 659. The number of nitrogens with one attached hydrogen (secondary N) is 1. The Hall–Kier alpha value is -2.50. The van der Waals surface area contributed by atoms with Gasteiger partial charge in [0, 0.05) is 6.07 Å². The minimum Gasteiger partial charge on any atom is -0.496 e. The van der Waals surface area contributed by atoms with Crippen molar-refractivity contribution in [3.05, 3.63) is 59.4 Å². The maximum atomic E-state index is 13.4. The summed E-state index contributed by atoms with van der Waals surface area (Å²) >= 11 is 0. The molecule has 104 valence electrons. The van der Waals surface area contributed by atoms with E-state index >= 15 is 0 Å². The minimum absolute atomic E-state index is 0.115. The number of amides is 1. The Morgan fingerprint density at radius 2 is 1.70 bits per heavy atom. The van der Waals surface area contributed by atoms with E-state index in [2.05, 4.69) is 5.32 Å². The van der Waals surface area contributed by atoms with Crippen LogP contribution >= 0.6 is 0 Å². The van der Waals surface area contributed by atoms with Gasteiger partial charge >= 0.3 is 0 Å². The van der Waals surface area contributed by atoms with Gasteiger partial charge < -0.3 is 10.1 Å². The molecule has 0 bridgehead atoms. The van der Waals surface area contributed by atoms with Gasteiger partial charge in [-0.15, -0.1) is 0 Å². The van der Waals surface area contributed by atoms with Crippen molar-refractivity contribution in [1.82, 2.24) is 0 Å². The maximum absolute atomic E-state index is 13.4. The lowest BCUT2D eigenvalue weighted by molar-refractivity contribution is 0.102. The average Bonchev–Trinajstić information content (AvgIpc) is 2.42. The van der Waals surface area contributed by atoms with Gasteiger partial charge in [0.15, 0.2) is 0 Å². The van der Waals surface area contributed by atoms with E-state index in [4.69, 9.17) is 4.74 Å². The topological polar surface area (TPSA) is 38.3 Å². The van der Waals surface area contributed by atoms with Crippen LogP contribution in [0, 0.1) is 17.5 Å². The van der Waals surface area contributed by atoms with Crippen LogP contribution in [0.15, 0.2) is 36.4 Å². The molecule has 3 nitrogen and oxygen atoms in total. The molecule has 0 saturated carbocycles. The van der Waals surface area contributed by atoms with E-state index in [1.165, 1.54) is 13.2 Å². The molecule has 0 aromatic heterocycles. The highest BCUT2D eigenvalue weighted by Crippen LogP contribution is 2.22. The SMILES string of the molecule is COc1ccc(F)cc1C(=O)Nc1cc(F)ccc1F. The van der Waals surface area contributed by atoms with E-state index in [-0.39, 0.29) is 17.0 Å². The van der Waals surface area contributed by atoms with Crippen molar-refractivity contribution in [3.8, 4) is 5.75 Å². The fourth-order valence-corrected chi connectivity index (χ4v) is 1.64. The van der Waals surface area contributed by atoms with Crippen LogP contribution in [0.5, 0.6) is 5.75 Å². The Kier molecular flexibility index (Phi) is 3.93. The van der Waals surface area contributed by atoms with Gasteiger partial charge in [0.1, 0.15) is 23.2 Å². The van der Waals surface area contributed by atoms with E-state index < -0.39 is 23.4 Å². The molecule has 0 spiro atoms. The normalized spacial score (nSPS) is 10.2. The quantitative estimate of drug-likeness (QED) is 0.936. The second-order valence-corrected chi connectivity index (χ2v) is 3.92. The van der Waals surface area contributed by atoms with E-state index in [9.17, 15) is 18.0 Å². The Balaban J connectivity index is 2.32. The summed E-state index contributed by atoms with van der Waals surface area (Å²) in [4.78, 5) is 12.0. The molecule has 1 N–H and O–H groups in total. The first kappa shape index (κ1) is 13.9. The minimum atomic E-state index is -0.800. The lowest BCUT2D eigenvalue weighted by Crippen LogP contribution is -2.14. The van der Waals surface area contributed by atoms with Crippen LogP contribution in [-0.4, -0.2) is 13.0 Å². The number of hydrogen-bond donors (Lipinski definition) is 1. The smallest absolute Gasteiger partial charge is 0.259 e. The number of rotatable bonds is 3. The number of methoxy groups -OCH3 is 1. The summed E-state index contributed by atoms with van der Waals surface area (Å²) in [5.41, 5.74) is -0.447. The maximum Gasteiger partial charge on any atom is 0.259 e. The molecule has 0 fully saturated rings. The van der Waals surface area contributed by atoms with Crippen LogP contribution in [0.25, 0.3) is 0 Å². The Morgan fingerprint density at radius 3 is 2.40 bits per heavy atom. The van der Waals surface area contributed by atoms with Crippen LogP contribution in [0.4, 0.5) is 18.9 Å². The molecule has 0 aliphatic carbocycles. The molecule has 20 heavy (non-hydrogen) atoms. The van der Waals surface area contributed by atoms with Crippen molar-refractivity contribution < 1.29 is 22.7 Å². The third-order valence-electron chi connectivity index (χ3n) is 2.58. The molecule has 2 aromatic rings. The Morgan fingerprint density at radius 1 is 1.05 bits per heavy atom. The summed E-state index contributed by atoms with van der Waals surface area (Å²) in [6.45, 7) is 0. The van der Waals surface area contributed by atoms with Gasteiger partial charge in [0.25, 0.3) is 5.91 Å². The summed E-state index contributed by atoms with van der Waals surface area (Å²) in [7, 11) is 1.31. The fourth-order valence-electron chi connectivity index (χ4n) is 1.64. The second kappa shape index (κ2) is 5.64. The predicted octanol–water partition coefficient (Wildman–Crippen LogP) is 3.36. The predicted molar refractivity (Wildman–Crippen MR) is 67.3 cm³/mol.